The smallest absolute Gasteiger partial charge is 0.267 e. The van der Waals surface area contributed by atoms with Crippen molar-refractivity contribution < 1.29 is 14.3 Å². The van der Waals surface area contributed by atoms with Gasteiger partial charge in [-0.05, 0) is 31.0 Å². The van der Waals surface area contributed by atoms with E-state index in [1.807, 2.05) is 0 Å². The van der Waals surface area contributed by atoms with Crippen LogP contribution < -0.4 is 9.64 Å². The van der Waals surface area contributed by atoms with Gasteiger partial charge in [-0.1, -0.05) is 13.8 Å². The zero-order valence-electron chi connectivity index (χ0n) is 10.8. The van der Waals surface area contributed by atoms with Crippen molar-refractivity contribution in [2.24, 2.45) is 5.92 Å². The zero-order valence-corrected chi connectivity index (χ0v) is 10.8. The van der Waals surface area contributed by atoms with Gasteiger partial charge in [-0.3, -0.25) is 9.59 Å². The third kappa shape index (κ3) is 2.23. The van der Waals surface area contributed by atoms with E-state index in [1.165, 1.54) is 0 Å². The molecule has 1 aliphatic rings. The van der Waals surface area contributed by atoms with Gasteiger partial charge in [-0.25, -0.2) is 0 Å². The summed E-state index contributed by atoms with van der Waals surface area (Å²) >= 11 is 0. The third-order valence-corrected chi connectivity index (χ3v) is 2.88. The summed E-state index contributed by atoms with van der Waals surface area (Å²) in [6.45, 7) is 6.47. The van der Waals surface area contributed by atoms with Crippen molar-refractivity contribution in [3.05, 3.63) is 23.8 Å². The average Bonchev–Trinajstić information content (AvgIpc) is 2.34. The molecule has 1 aromatic rings. The monoisotopic (exact) mass is 247 g/mol. The summed E-state index contributed by atoms with van der Waals surface area (Å²) in [5.41, 5.74) is 1.24. The van der Waals surface area contributed by atoms with E-state index in [9.17, 15) is 9.59 Å². The highest BCUT2D eigenvalue weighted by molar-refractivity contribution is 6.00. The second-order valence-corrected chi connectivity index (χ2v) is 4.95. The Morgan fingerprint density at radius 3 is 2.78 bits per heavy atom. The first kappa shape index (κ1) is 12.6. The zero-order chi connectivity index (χ0) is 13.3. The summed E-state index contributed by atoms with van der Waals surface area (Å²) in [5, 5.41) is 0. The number of fused-ring (bicyclic) bond motifs is 1. The summed E-state index contributed by atoms with van der Waals surface area (Å²) in [6, 6.07) is 5.14. The topological polar surface area (TPSA) is 46.6 Å². The van der Waals surface area contributed by atoms with Gasteiger partial charge < -0.3 is 9.64 Å². The third-order valence-electron chi connectivity index (χ3n) is 2.88. The maximum atomic E-state index is 12.1. The van der Waals surface area contributed by atoms with E-state index in [4.69, 9.17) is 4.74 Å². The highest BCUT2D eigenvalue weighted by atomic mass is 16.5. The Hall–Kier alpha value is -1.84. The second kappa shape index (κ2) is 4.80. The van der Waals surface area contributed by atoms with Crippen molar-refractivity contribution in [1.82, 2.24) is 0 Å². The van der Waals surface area contributed by atoms with Crippen molar-refractivity contribution in [3.8, 4) is 5.75 Å². The molecule has 4 heteroatoms. The van der Waals surface area contributed by atoms with Crippen LogP contribution in [0.3, 0.4) is 0 Å². The number of carbonyl (C=O) groups is 2. The predicted molar refractivity (Wildman–Crippen MR) is 69.1 cm³/mol. The number of amides is 1. The number of hydrogen-bond donors (Lipinski definition) is 0. The Morgan fingerprint density at radius 1 is 1.44 bits per heavy atom. The first-order valence-corrected chi connectivity index (χ1v) is 6.10. The molecule has 1 aliphatic heterocycles. The Bertz CT molecular complexity index is 482. The van der Waals surface area contributed by atoms with Crippen LogP contribution in [0.25, 0.3) is 0 Å². The van der Waals surface area contributed by atoms with Crippen LogP contribution in [0.4, 0.5) is 5.69 Å². The number of aldehydes is 1. The van der Waals surface area contributed by atoms with E-state index in [0.29, 0.717) is 29.5 Å². The predicted octanol–water partition coefficient (Wildman–Crippen LogP) is 2.27. The van der Waals surface area contributed by atoms with Crippen LogP contribution >= 0.6 is 0 Å². The fourth-order valence-electron chi connectivity index (χ4n) is 2.05. The van der Waals surface area contributed by atoms with Gasteiger partial charge in [0.05, 0.1) is 5.69 Å². The number of benzene rings is 1. The van der Waals surface area contributed by atoms with Gasteiger partial charge in [-0.2, -0.15) is 0 Å². The van der Waals surface area contributed by atoms with E-state index >= 15 is 0 Å². The molecule has 0 aliphatic carbocycles. The highest BCUT2D eigenvalue weighted by Gasteiger charge is 2.31. The number of rotatable bonds is 3. The summed E-state index contributed by atoms with van der Waals surface area (Å²) < 4.78 is 5.55. The van der Waals surface area contributed by atoms with E-state index in [-0.39, 0.29) is 5.91 Å². The summed E-state index contributed by atoms with van der Waals surface area (Å²) in [7, 11) is 0. The lowest BCUT2D eigenvalue weighted by Crippen LogP contribution is -2.46. The molecular formula is C14H17NO3. The van der Waals surface area contributed by atoms with Crippen LogP contribution in [0.2, 0.25) is 0 Å². The van der Waals surface area contributed by atoms with Crippen molar-refractivity contribution >= 4 is 17.9 Å². The minimum Gasteiger partial charge on any atom is -0.479 e. The molecule has 18 heavy (non-hydrogen) atoms. The molecule has 1 amide bonds. The molecule has 1 unspecified atom stereocenters. The molecule has 1 heterocycles. The molecule has 96 valence electrons. The van der Waals surface area contributed by atoms with Crippen LogP contribution in [0.1, 0.15) is 31.1 Å². The van der Waals surface area contributed by atoms with Crippen molar-refractivity contribution in [3.63, 3.8) is 0 Å². The molecule has 0 spiro atoms. The Balaban J connectivity index is 2.45. The standard InChI is InChI=1S/C14H17NO3/c1-9(2)7-15-12-6-11(8-16)4-5-13(12)18-10(3)14(15)17/h4-6,8-10H,7H2,1-3H3. The van der Waals surface area contributed by atoms with E-state index in [1.54, 1.807) is 30.0 Å². The molecule has 1 atom stereocenters. The van der Waals surface area contributed by atoms with Crippen LogP contribution in [0.5, 0.6) is 5.75 Å². The molecule has 0 fully saturated rings. The van der Waals surface area contributed by atoms with Crippen LogP contribution in [0.15, 0.2) is 18.2 Å². The number of hydrogen-bond acceptors (Lipinski definition) is 3. The quantitative estimate of drug-likeness (QED) is 0.770. The van der Waals surface area contributed by atoms with Gasteiger partial charge in [0.15, 0.2) is 6.10 Å². The van der Waals surface area contributed by atoms with E-state index in [0.717, 1.165) is 6.29 Å². The second-order valence-electron chi connectivity index (χ2n) is 4.95. The largest absolute Gasteiger partial charge is 0.479 e. The van der Waals surface area contributed by atoms with Crippen LogP contribution in [0, 0.1) is 5.92 Å². The number of carbonyl (C=O) groups excluding carboxylic acids is 2. The normalized spacial score (nSPS) is 18.6. The van der Waals surface area contributed by atoms with E-state index < -0.39 is 6.10 Å². The van der Waals surface area contributed by atoms with E-state index in [2.05, 4.69) is 13.8 Å². The molecule has 0 saturated heterocycles. The minimum atomic E-state index is -0.474. The molecule has 0 radical (unpaired) electrons. The Kier molecular flexibility index (Phi) is 3.36. The SMILES string of the molecule is CC(C)CN1C(=O)C(C)Oc2ccc(C=O)cc21. The van der Waals surface area contributed by atoms with Gasteiger partial charge >= 0.3 is 0 Å². The lowest BCUT2D eigenvalue weighted by atomic mass is 10.1. The van der Waals surface area contributed by atoms with Gasteiger partial charge in [0.25, 0.3) is 5.91 Å². The minimum absolute atomic E-state index is 0.0563. The Morgan fingerprint density at radius 2 is 2.17 bits per heavy atom. The van der Waals surface area contributed by atoms with Gasteiger partial charge in [0.1, 0.15) is 12.0 Å². The first-order chi connectivity index (χ1) is 8.52. The first-order valence-electron chi connectivity index (χ1n) is 6.10. The number of ether oxygens (including phenoxy) is 1. The maximum absolute atomic E-state index is 12.1. The Labute approximate surface area is 107 Å². The average molecular weight is 247 g/mol. The van der Waals surface area contributed by atoms with Crippen molar-refractivity contribution in [1.29, 1.82) is 0 Å². The molecule has 0 bridgehead atoms. The molecule has 1 aromatic carbocycles. The number of nitrogens with zero attached hydrogens (tertiary/aromatic N) is 1. The van der Waals surface area contributed by atoms with Gasteiger partial charge in [0.2, 0.25) is 0 Å². The molecule has 0 saturated carbocycles. The molecular weight excluding hydrogens is 230 g/mol. The maximum Gasteiger partial charge on any atom is 0.267 e. The van der Waals surface area contributed by atoms with Crippen molar-refractivity contribution in [2.75, 3.05) is 11.4 Å². The number of anilines is 1. The fourth-order valence-corrected chi connectivity index (χ4v) is 2.05. The molecule has 4 nitrogen and oxygen atoms in total. The molecule has 2 rings (SSSR count). The van der Waals surface area contributed by atoms with Crippen molar-refractivity contribution in [2.45, 2.75) is 26.9 Å². The molecule has 0 aromatic heterocycles. The van der Waals surface area contributed by atoms with Crippen LogP contribution in [-0.2, 0) is 4.79 Å². The lowest BCUT2D eigenvalue weighted by molar-refractivity contribution is -0.125. The summed E-state index contributed by atoms with van der Waals surface area (Å²) in [5.74, 6) is 0.958. The highest BCUT2D eigenvalue weighted by Crippen LogP contribution is 2.35. The van der Waals surface area contributed by atoms with Gasteiger partial charge in [0, 0.05) is 12.1 Å². The lowest BCUT2D eigenvalue weighted by Gasteiger charge is -2.34. The molecule has 0 N–H and O–H groups in total. The van der Waals surface area contributed by atoms with Gasteiger partial charge in [-0.15, -0.1) is 0 Å². The van der Waals surface area contributed by atoms with Crippen LogP contribution in [-0.4, -0.2) is 24.8 Å². The fraction of sp³-hybridized carbons (Fsp3) is 0.429. The summed E-state index contributed by atoms with van der Waals surface area (Å²) in [4.78, 5) is 24.7. The summed E-state index contributed by atoms with van der Waals surface area (Å²) in [6.07, 6.45) is 0.300.